The van der Waals surface area contributed by atoms with Crippen molar-refractivity contribution in [1.82, 2.24) is 0 Å². The summed E-state index contributed by atoms with van der Waals surface area (Å²) in [6.07, 6.45) is 2.21. The average Bonchev–Trinajstić information content (AvgIpc) is 2.76. The second-order valence-electron chi connectivity index (χ2n) is 5.36. The van der Waals surface area contributed by atoms with Crippen molar-refractivity contribution in [3.63, 3.8) is 0 Å². The minimum atomic E-state index is 0.154. The van der Waals surface area contributed by atoms with Crippen molar-refractivity contribution in [3.8, 4) is 0 Å². The summed E-state index contributed by atoms with van der Waals surface area (Å²) in [6.45, 7) is 8.26. The van der Waals surface area contributed by atoms with Crippen LogP contribution < -0.4 is 5.73 Å². The van der Waals surface area contributed by atoms with Gasteiger partial charge in [-0.2, -0.15) is 0 Å². The number of nitrogens with two attached hydrogens (primary N) is 1. The first-order valence-electron chi connectivity index (χ1n) is 6.49. The van der Waals surface area contributed by atoms with Crippen LogP contribution >= 0.6 is 0 Å². The molecule has 0 radical (unpaired) electrons. The van der Waals surface area contributed by atoms with Crippen LogP contribution in [0.4, 0.5) is 0 Å². The van der Waals surface area contributed by atoms with E-state index in [1.54, 1.807) is 0 Å². The highest BCUT2D eigenvalue weighted by Crippen LogP contribution is 2.28. The third kappa shape index (κ3) is 2.88. The lowest BCUT2D eigenvalue weighted by Gasteiger charge is -2.19. The summed E-state index contributed by atoms with van der Waals surface area (Å²) < 4.78 is 5.41. The van der Waals surface area contributed by atoms with Crippen LogP contribution in [0.2, 0.25) is 0 Å². The molecule has 2 N–H and O–H groups in total. The van der Waals surface area contributed by atoms with Crippen LogP contribution in [0.25, 0.3) is 0 Å². The Hall–Kier alpha value is -0.860. The van der Waals surface area contributed by atoms with Crippen molar-refractivity contribution in [2.45, 2.75) is 39.7 Å². The molecule has 17 heavy (non-hydrogen) atoms. The van der Waals surface area contributed by atoms with Gasteiger partial charge in [0, 0.05) is 19.3 Å². The van der Waals surface area contributed by atoms with Crippen molar-refractivity contribution < 1.29 is 4.74 Å². The highest BCUT2D eigenvalue weighted by molar-refractivity contribution is 5.38. The minimum Gasteiger partial charge on any atom is -0.381 e. The zero-order chi connectivity index (χ0) is 12.4. The molecule has 94 valence electrons. The summed E-state index contributed by atoms with van der Waals surface area (Å²) in [7, 11) is 0. The van der Waals surface area contributed by atoms with Gasteiger partial charge in [-0.3, -0.25) is 0 Å². The molecule has 0 saturated carbocycles. The molecule has 0 spiro atoms. The fourth-order valence-corrected chi connectivity index (χ4v) is 2.64. The van der Waals surface area contributed by atoms with E-state index in [-0.39, 0.29) is 6.04 Å². The Morgan fingerprint density at radius 1 is 1.24 bits per heavy atom. The molecular formula is C15H23NO. The van der Waals surface area contributed by atoms with Crippen LogP contribution in [0.1, 0.15) is 41.1 Å². The molecule has 0 amide bonds. The first kappa shape index (κ1) is 12.6. The number of aryl methyl sites for hydroxylation is 3. The predicted molar refractivity (Wildman–Crippen MR) is 71.1 cm³/mol. The van der Waals surface area contributed by atoms with Gasteiger partial charge in [0.05, 0.1) is 0 Å². The van der Waals surface area contributed by atoms with Crippen LogP contribution in [-0.4, -0.2) is 13.2 Å². The third-order valence-electron chi connectivity index (χ3n) is 3.89. The van der Waals surface area contributed by atoms with E-state index in [1.807, 2.05) is 0 Å². The van der Waals surface area contributed by atoms with Gasteiger partial charge in [-0.1, -0.05) is 12.1 Å². The van der Waals surface area contributed by atoms with Gasteiger partial charge < -0.3 is 10.5 Å². The van der Waals surface area contributed by atoms with E-state index in [0.29, 0.717) is 5.92 Å². The van der Waals surface area contributed by atoms with E-state index in [4.69, 9.17) is 10.5 Å². The molecule has 2 rings (SSSR count). The maximum atomic E-state index is 6.34. The summed E-state index contributed by atoms with van der Waals surface area (Å²) in [5, 5.41) is 0. The summed E-state index contributed by atoms with van der Waals surface area (Å²) in [4.78, 5) is 0. The third-order valence-corrected chi connectivity index (χ3v) is 3.89. The molecule has 2 unspecified atom stereocenters. The van der Waals surface area contributed by atoms with E-state index in [2.05, 4.69) is 32.9 Å². The lowest BCUT2D eigenvalue weighted by Crippen LogP contribution is -2.17. The highest BCUT2D eigenvalue weighted by atomic mass is 16.5. The molecule has 0 bridgehead atoms. The van der Waals surface area contributed by atoms with Gasteiger partial charge in [-0.05, 0) is 61.8 Å². The first-order valence-corrected chi connectivity index (χ1v) is 6.49. The van der Waals surface area contributed by atoms with E-state index in [0.717, 1.165) is 26.1 Å². The zero-order valence-electron chi connectivity index (χ0n) is 11.1. The maximum Gasteiger partial charge on any atom is 0.0495 e. The zero-order valence-corrected chi connectivity index (χ0v) is 11.1. The Kier molecular flexibility index (Phi) is 3.85. The molecule has 1 aliphatic rings. The second kappa shape index (κ2) is 5.19. The van der Waals surface area contributed by atoms with Gasteiger partial charge in [0.1, 0.15) is 0 Å². The Bertz CT molecular complexity index is 394. The fourth-order valence-electron chi connectivity index (χ4n) is 2.64. The van der Waals surface area contributed by atoms with E-state index < -0.39 is 0 Å². The number of hydrogen-bond acceptors (Lipinski definition) is 2. The molecule has 2 atom stereocenters. The van der Waals surface area contributed by atoms with E-state index in [9.17, 15) is 0 Å². The van der Waals surface area contributed by atoms with Crippen molar-refractivity contribution in [3.05, 3.63) is 34.4 Å². The van der Waals surface area contributed by atoms with Crippen LogP contribution in [0, 0.1) is 26.7 Å². The number of ether oxygens (including phenoxy) is 1. The van der Waals surface area contributed by atoms with Gasteiger partial charge in [0.15, 0.2) is 0 Å². The Morgan fingerprint density at radius 3 is 2.59 bits per heavy atom. The van der Waals surface area contributed by atoms with Crippen molar-refractivity contribution in [2.75, 3.05) is 13.2 Å². The van der Waals surface area contributed by atoms with E-state index >= 15 is 0 Å². The SMILES string of the molecule is Cc1cc(C)c(C(N)CC2CCOC2)cc1C. The molecule has 2 heteroatoms. The van der Waals surface area contributed by atoms with Gasteiger partial charge in [0.2, 0.25) is 0 Å². The van der Waals surface area contributed by atoms with Gasteiger partial charge in [0.25, 0.3) is 0 Å². The molecule has 1 saturated heterocycles. The summed E-state index contributed by atoms with van der Waals surface area (Å²) in [6, 6.07) is 4.65. The molecule has 1 aromatic carbocycles. The van der Waals surface area contributed by atoms with Crippen molar-refractivity contribution in [2.24, 2.45) is 11.7 Å². The lowest BCUT2D eigenvalue weighted by molar-refractivity contribution is 0.182. The fraction of sp³-hybridized carbons (Fsp3) is 0.600. The summed E-state index contributed by atoms with van der Waals surface area (Å²) in [5.41, 5.74) is 11.7. The lowest BCUT2D eigenvalue weighted by atomic mass is 9.90. The highest BCUT2D eigenvalue weighted by Gasteiger charge is 2.20. The molecule has 1 aliphatic heterocycles. The smallest absolute Gasteiger partial charge is 0.0495 e. The van der Waals surface area contributed by atoms with Crippen LogP contribution in [0.5, 0.6) is 0 Å². The van der Waals surface area contributed by atoms with Crippen LogP contribution in [0.3, 0.4) is 0 Å². The predicted octanol–water partition coefficient (Wildman–Crippen LogP) is 3.04. The maximum absolute atomic E-state index is 6.34. The topological polar surface area (TPSA) is 35.2 Å². The Labute approximate surface area is 104 Å². The van der Waals surface area contributed by atoms with E-state index in [1.165, 1.54) is 22.3 Å². The normalized spacial score (nSPS) is 21.8. The molecule has 2 nitrogen and oxygen atoms in total. The molecule has 1 heterocycles. The minimum absolute atomic E-state index is 0.154. The number of benzene rings is 1. The molecule has 1 fully saturated rings. The Morgan fingerprint density at radius 2 is 1.94 bits per heavy atom. The van der Waals surface area contributed by atoms with Gasteiger partial charge in [-0.15, -0.1) is 0 Å². The van der Waals surface area contributed by atoms with Crippen molar-refractivity contribution >= 4 is 0 Å². The van der Waals surface area contributed by atoms with Crippen molar-refractivity contribution in [1.29, 1.82) is 0 Å². The Balaban J connectivity index is 2.12. The molecule has 1 aromatic rings. The summed E-state index contributed by atoms with van der Waals surface area (Å²) >= 11 is 0. The quantitative estimate of drug-likeness (QED) is 0.871. The monoisotopic (exact) mass is 233 g/mol. The standard InChI is InChI=1S/C15H23NO/c1-10-6-12(3)14(7-11(10)2)15(16)8-13-4-5-17-9-13/h6-7,13,15H,4-5,8-9,16H2,1-3H3. The van der Waals surface area contributed by atoms with Gasteiger partial charge >= 0.3 is 0 Å². The van der Waals surface area contributed by atoms with Crippen LogP contribution in [0.15, 0.2) is 12.1 Å². The number of rotatable bonds is 3. The largest absolute Gasteiger partial charge is 0.381 e. The summed E-state index contributed by atoms with van der Waals surface area (Å²) in [5.74, 6) is 0.644. The second-order valence-corrected chi connectivity index (χ2v) is 5.36. The van der Waals surface area contributed by atoms with Gasteiger partial charge in [-0.25, -0.2) is 0 Å². The average molecular weight is 233 g/mol. The number of hydrogen-bond donors (Lipinski definition) is 1. The first-order chi connectivity index (χ1) is 8.08. The molecular weight excluding hydrogens is 210 g/mol. The van der Waals surface area contributed by atoms with Crippen LogP contribution in [-0.2, 0) is 4.74 Å². The molecule has 0 aromatic heterocycles. The molecule has 0 aliphatic carbocycles.